The van der Waals surface area contributed by atoms with Crippen LogP contribution in [0, 0.1) is 0 Å². The fourth-order valence-electron chi connectivity index (χ4n) is 2.32. The van der Waals surface area contributed by atoms with Gasteiger partial charge in [0.1, 0.15) is 17.9 Å². The van der Waals surface area contributed by atoms with Crippen molar-refractivity contribution in [2.24, 2.45) is 0 Å². The first-order valence-electron chi connectivity index (χ1n) is 6.36. The van der Waals surface area contributed by atoms with E-state index in [4.69, 9.17) is 20.3 Å². The molecule has 5 N–H and O–H groups in total. The average molecular weight is 327 g/mol. The van der Waals surface area contributed by atoms with Crippen molar-refractivity contribution in [1.82, 2.24) is 19.5 Å². The molecule has 0 radical (unpaired) electrons. The van der Waals surface area contributed by atoms with Gasteiger partial charge in [-0.2, -0.15) is 0 Å². The number of aliphatic hydroxyl groups excluding tert-OH is 1. The van der Waals surface area contributed by atoms with Gasteiger partial charge in [0.05, 0.1) is 12.4 Å². The lowest BCUT2D eigenvalue weighted by Crippen LogP contribution is -2.19. The summed E-state index contributed by atoms with van der Waals surface area (Å²) in [5.74, 6) is 0.980. The van der Waals surface area contributed by atoms with Gasteiger partial charge >= 0.3 is 7.60 Å². The molecule has 3 heterocycles. The second kappa shape index (κ2) is 5.41. The van der Waals surface area contributed by atoms with Crippen molar-refractivity contribution in [2.75, 3.05) is 5.73 Å². The van der Waals surface area contributed by atoms with Crippen molar-refractivity contribution in [1.29, 1.82) is 0 Å². The van der Waals surface area contributed by atoms with Crippen LogP contribution < -0.4 is 5.73 Å². The second-order valence-corrected chi connectivity index (χ2v) is 6.36. The van der Waals surface area contributed by atoms with E-state index < -0.39 is 26.0 Å². The smallest absolute Gasteiger partial charge is 0.348 e. The highest BCUT2D eigenvalue weighted by molar-refractivity contribution is 7.55. The first-order chi connectivity index (χ1) is 10.3. The zero-order chi connectivity index (χ0) is 15.9. The van der Waals surface area contributed by atoms with E-state index in [-0.39, 0.29) is 12.2 Å². The summed E-state index contributed by atoms with van der Waals surface area (Å²) in [5, 5.41) is 10.1. The first kappa shape index (κ1) is 15.1. The lowest BCUT2D eigenvalue weighted by Gasteiger charge is -2.16. The van der Waals surface area contributed by atoms with Gasteiger partial charge < -0.3 is 25.4 Å². The monoisotopic (exact) mass is 327 g/mol. The summed E-state index contributed by atoms with van der Waals surface area (Å²) in [6, 6.07) is 0. The van der Waals surface area contributed by atoms with Crippen molar-refractivity contribution in [3.05, 3.63) is 24.5 Å². The van der Waals surface area contributed by atoms with Gasteiger partial charge in [0.15, 0.2) is 17.7 Å². The molecule has 0 bridgehead atoms. The number of ether oxygens (including phenoxy) is 1. The fraction of sp³-hybridized carbons (Fsp3) is 0.364. The van der Waals surface area contributed by atoms with Gasteiger partial charge in [-0.15, -0.1) is 0 Å². The SMILES string of the molecule is Nc1ncnc2c1ncn2C1OC(C=CP(=O)(O)O)CC1O. The molecule has 3 atom stereocenters. The summed E-state index contributed by atoms with van der Waals surface area (Å²) in [5.41, 5.74) is 6.51. The molecule has 1 aliphatic rings. The van der Waals surface area contributed by atoms with Crippen molar-refractivity contribution >= 4 is 24.6 Å². The molecule has 1 aliphatic heterocycles. The third-order valence-corrected chi connectivity index (χ3v) is 3.83. The summed E-state index contributed by atoms with van der Waals surface area (Å²) >= 11 is 0. The minimum Gasteiger partial charge on any atom is -0.388 e. The molecule has 22 heavy (non-hydrogen) atoms. The number of hydrogen-bond donors (Lipinski definition) is 4. The minimum atomic E-state index is -4.26. The van der Waals surface area contributed by atoms with Crippen LogP contribution in [-0.2, 0) is 9.30 Å². The van der Waals surface area contributed by atoms with E-state index in [1.807, 2.05) is 0 Å². The summed E-state index contributed by atoms with van der Waals surface area (Å²) in [6.45, 7) is 0. The molecular weight excluding hydrogens is 313 g/mol. The Balaban J connectivity index is 1.87. The number of anilines is 1. The highest BCUT2D eigenvalue weighted by atomic mass is 31.2. The molecule has 0 aliphatic carbocycles. The van der Waals surface area contributed by atoms with Gasteiger partial charge in [0, 0.05) is 12.2 Å². The zero-order valence-corrected chi connectivity index (χ0v) is 12.1. The third kappa shape index (κ3) is 2.87. The molecular formula is C11H14N5O5P. The van der Waals surface area contributed by atoms with Crippen LogP contribution in [-0.4, -0.2) is 46.6 Å². The lowest BCUT2D eigenvalue weighted by molar-refractivity contribution is -0.0227. The largest absolute Gasteiger partial charge is 0.388 e. The maximum atomic E-state index is 10.8. The Morgan fingerprint density at radius 3 is 2.91 bits per heavy atom. The number of aromatic nitrogens is 4. The van der Waals surface area contributed by atoms with Crippen LogP contribution in [0.4, 0.5) is 5.82 Å². The van der Waals surface area contributed by atoms with Crippen molar-refractivity contribution < 1.29 is 24.2 Å². The number of nitrogen functional groups attached to an aromatic ring is 1. The molecule has 3 rings (SSSR count). The Kier molecular flexibility index (Phi) is 3.71. The quantitative estimate of drug-likeness (QED) is 0.558. The van der Waals surface area contributed by atoms with Crippen molar-refractivity contribution in [3.8, 4) is 0 Å². The molecule has 2 aromatic heterocycles. The predicted octanol–water partition coefficient (Wildman–Crippen LogP) is -0.252. The normalized spacial score (nSPS) is 26.2. The van der Waals surface area contributed by atoms with Crippen LogP contribution in [0.5, 0.6) is 0 Å². The van der Waals surface area contributed by atoms with Crippen LogP contribution >= 0.6 is 7.60 Å². The van der Waals surface area contributed by atoms with Crippen LogP contribution in [0.15, 0.2) is 24.5 Å². The number of nitrogens with two attached hydrogens (primary N) is 1. The Labute approximate surface area is 124 Å². The predicted molar refractivity (Wildman–Crippen MR) is 75.5 cm³/mol. The van der Waals surface area contributed by atoms with Gasteiger partial charge in [0.25, 0.3) is 0 Å². The zero-order valence-electron chi connectivity index (χ0n) is 11.2. The molecule has 11 heteroatoms. The molecule has 3 unspecified atom stereocenters. The molecule has 2 aromatic rings. The van der Waals surface area contributed by atoms with E-state index in [2.05, 4.69) is 15.0 Å². The Morgan fingerprint density at radius 1 is 1.41 bits per heavy atom. The van der Waals surface area contributed by atoms with Crippen LogP contribution in [0.3, 0.4) is 0 Å². The average Bonchev–Trinajstić information content (AvgIpc) is 3.00. The number of aliphatic hydroxyl groups is 1. The maximum Gasteiger partial charge on any atom is 0.348 e. The molecule has 0 aromatic carbocycles. The summed E-state index contributed by atoms with van der Waals surface area (Å²) in [6.07, 6.45) is 1.88. The van der Waals surface area contributed by atoms with Crippen LogP contribution in [0.25, 0.3) is 11.2 Å². The lowest BCUT2D eigenvalue weighted by atomic mass is 10.2. The van der Waals surface area contributed by atoms with E-state index in [0.29, 0.717) is 11.2 Å². The number of hydrogen-bond acceptors (Lipinski definition) is 7. The molecule has 0 saturated carbocycles. The summed E-state index contributed by atoms with van der Waals surface area (Å²) < 4.78 is 18.0. The van der Waals surface area contributed by atoms with Gasteiger partial charge in [-0.25, -0.2) is 15.0 Å². The highest BCUT2D eigenvalue weighted by Gasteiger charge is 2.35. The summed E-state index contributed by atoms with van der Waals surface area (Å²) in [7, 11) is -4.26. The number of rotatable bonds is 3. The van der Waals surface area contributed by atoms with Crippen molar-refractivity contribution in [3.63, 3.8) is 0 Å². The van der Waals surface area contributed by atoms with Gasteiger partial charge in [-0.05, 0) is 6.08 Å². The first-order valence-corrected chi connectivity index (χ1v) is 8.04. The molecule has 1 fully saturated rings. The second-order valence-electron chi connectivity index (χ2n) is 4.88. The molecule has 118 valence electrons. The number of imidazole rings is 1. The molecule has 0 spiro atoms. The number of fused-ring (bicyclic) bond motifs is 1. The molecule has 10 nitrogen and oxygen atoms in total. The van der Waals surface area contributed by atoms with E-state index in [1.165, 1.54) is 23.3 Å². The standard InChI is InChI=1S/C11H14N5O5P/c12-9-8-10(14-4-13-9)16(5-15-8)11-7(17)3-6(21-11)1-2-22(18,19)20/h1-2,4-7,11,17H,3H2,(H2,12,13,14)(H2,18,19,20). The minimum absolute atomic E-state index is 0.196. The van der Waals surface area contributed by atoms with E-state index in [9.17, 15) is 9.67 Å². The fourth-order valence-corrected chi connectivity index (χ4v) is 2.74. The van der Waals surface area contributed by atoms with Crippen LogP contribution in [0.2, 0.25) is 0 Å². The molecule has 0 amide bonds. The highest BCUT2D eigenvalue weighted by Crippen LogP contribution is 2.38. The Bertz CT molecular complexity index is 771. The van der Waals surface area contributed by atoms with Gasteiger partial charge in [0.2, 0.25) is 0 Å². The number of nitrogens with zero attached hydrogens (tertiary/aromatic N) is 4. The maximum absolute atomic E-state index is 10.8. The Morgan fingerprint density at radius 2 is 2.18 bits per heavy atom. The van der Waals surface area contributed by atoms with Crippen molar-refractivity contribution in [2.45, 2.75) is 24.9 Å². The van der Waals surface area contributed by atoms with E-state index >= 15 is 0 Å². The van der Waals surface area contributed by atoms with Gasteiger partial charge in [-0.3, -0.25) is 9.13 Å². The third-order valence-electron chi connectivity index (χ3n) is 3.27. The van der Waals surface area contributed by atoms with E-state index in [1.54, 1.807) is 0 Å². The Hall–Kier alpha value is -1.84. The topological polar surface area (TPSA) is 157 Å². The van der Waals surface area contributed by atoms with Gasteiger partial charge in [-0.1, -0.05) is 0 Å². The van der Waals surface area contributed by atoms with Crippen LogP contribution in [0.1, 0.15) is 12.6 Å². The molecule has 1 saturated heterocycles. The summed E-state index contributed by atoms with van der Waals surface area (Å²) in [4.78, 5) is 29.6. The van der Waals surface area contributed by atoms with E-state index in [0.717, 1.165) is 5.82 Å².